The van der Waals surface area contributed by atoms with E-state index in [4.69, 9.17) is 15.9 Å². The predicted octanol–water partition coefficient (Wildman–Crippen LogP) is 3.22. The average molecular weight is 611 g/mol. The molecule has 2 heterocycles. The maximum absolute atomic E-state index is 13.4. The van der Waals surface area contributed by atoms with Crippen LogP contribution in [0.1, 0.15) is 64.7 Å². The molecule has 3 rings (SSSR count). The van der Waals surface area contributed by atoms with Crippen LogP contribution in [0.4, 0.5) is 5.69 Å². The average Bonchev–Trinajstić information content (AvgIpc) is 2.94. The third-order valence-electron chi connectivity index (χ3n) is 6.32. The van der Waals surface area contributed by atoms with E-state index in [1.165, 1.54) is 31.4 Å². The number of rotatable bonds is 11. The van der Waals surface area contributed by atoms with Crippen molar-refractivity contribution in [2.75, 3.05) is 18.7 Å². The second kappa shape index (κ2) is 13.4. The molecule has 0 saturated heterocycles. The Balaban J connectivity index is 2.13. The summed E-state index contributed by atoms with van der Waals surface area (Å²) in [4.78, 5) is 48.1. The van der Waals surface area contributed by atoms with Crippen LogP contribution in [0.25, 0.3) is 11.1 Å². The number of hydrogen-bond acceptors (Lipinski definition) is 10. The van der Waals surface area contributed by atoms with Crippen molar-refractivity contribution in [3.63, 3.8) is 0 Å². The number of anilines is 1. The van der Waals surface area contributed by atoms with Crippen LogP contribution in [0, 0.1) is 17.2 Å². The molecule has 228 valence electrons. The number of hydrogen-bond donors (Lipinski definition) is 4. The van der Waals surface area contributed by atoms with Crippen molar-refractivity contribution in [1.29, 1.82) is 5.41 Å². The number of nitrogens with two attached hydrogens (primary N) is 1. The van der Waals surface area contributed by atoms with Gasteiger partial charge < -0.3 is 25.3 Å². The quantitative estimate of drug-likeness (QED) is 0.142. The first-order chi connectivity index (χ1) is 20.1. The molecule has 43 heavy (non-hydrogen) atoms. The number of benzene rings is 1. The Morgan fingerprint density at radius 3 is 1.98 bits per heavy atom. The minimum Gasteiger partial charge on any atom is -0.481 e. The highest BCUT2D eigenvalue weighted by Crippen LogP contribution is 2.29. The molecule has 0 fully saturated rings. The van der Waals surface area contributed by atoms with Crippen LogP contribution in [-0.2, 0) is 14.3 Å². The maximum Gasteiger partial charge on any atom is 0.373 e. The smallest absolute Gasteiger partial charge is 0.373 e. The van der Waals surface area contributed by atoms with E-state index in [1.54, 1.807) is 24.3 Å². The number of nitrogens with one attached hydrogen (secondary N) is 3. The fourth-order valence-electron chi connectivity index (χ4n) is 4.33. The van der Waals surface area contributed by atoms with Gasteiger partial charge in [0.25, 0.3) is 11.8 Å². The summed E-state index contributed by atoms with van der Waals surface area (Å²) < 4.78 is 33.5. The fraction of sp³-hybridized carbons (Fsp3) is 0.310. The molecular formula is C29H34N6O7S. The molecule has 0 radical (unpaired) electrons. The summed E-state index contributed by atoms with van der Waals surface area (Å²) in [5, 5.41) is 13.1. The molecule has 0 bridgehead atoms. The standard InChI is InChI=1S/C29H34N6O7S/c1-15(2)23(16(3)4)35-27(36)21-13-11-20(25(33-21)29(38)42-43(6,39)40)19-12-14-22(41-5)34-24(19)28(37)32-18-9-7-17(8-10-18)26(30)31/h7-16,23H,1-6H3,(H3,30,31)(H,32,37)(H,35,36). The van der Waals surface area contributed by atoms with Crippen molar-refractivity contribution in [1.82, 2.24) is 15.3 Å². The van der Waals surface area contributed by atoms with E-state index in [2.05, 4.69) is 24.8 Å². The van der Waals surface area contributed by atoms with Crippen LogP contribution < -0.4 is 21.1 Å². The van der Waals surface area contributed by atoms with Gasteiger partial charge in [-0.1, -0.05) is 27.7 Å². The van der Waals surface area contributed by atoms with Gasteiger partial charge in [-0.2, -0.15) is 8.42 Å². The second-order valence-corrected chi connectivity index (χ2v) is 11.9. The van der Waals surface area contributed by atoms with Crippen molar-refractivity contribution in [2.45, 2.75) is 33.7 Å². The normalized spacial score (nSPS) is 11.4. The number of nitrogens with zero attached hydrogens (tertiary/aromatic N) is 2. The van der Waals surface area contributed by atoms with Crippen molar-refractivity contribution >= 4 is 39.4 Å². The maximum atomic E-state index is 13.4. The number of nitrogen functional groups attached to an aromatic ring is 1. The monoisotopic (exact) mass is 610 g/mol. The number of aromatic nitrogens is 2. The summed E-state index contributed by atoms with van der Waals surface area (Å²) in [6, 6.07) is 11.6. The number of amides is 2. The van der Waals surface area contributed by atoms with Crippen LogP contribution in [0.2, 0.25) is 0 Å². The van der Waals surface area contributed by atoms with Crippen molar-refractivity contribution in [3.8, 4) is 17.0 Å². The van der Waals surface area contributed by atoms with Gasteiger partial charge in [0.2, 0.25) is 5.88 Å². The molecule has 3 aromatic rings. The lowest BCUT2D eigenvalue weighted by atomic mass is 9.93. The highest BCUT2D eigenvalue weighted by atomic mass is 32.2. The summed E-state index contributed by atoms with van der Waals surface area (Å²) in [5.41, 5.74) is 5.51. The van der Waals surface area contributed by atoms with Gasteiger partial charge in [0.1, 0.15) is 17.2 Å². The molecule has 0 aliphatic rings. The molecule has 2 aromatic heterocycles. The molecule has 0 atom stereocenters. The van der Waals surface area contributed by atoms with E-state index in [0.717, 1.165) is 0 Å². The first kappa shape index (κ1) is 32.7. The highest BCUT2D eigenvalue weighted by molar-refractivity contribution is 7.86. The Morgan fingerprint density at radius 2 is 1.44 bits per heavy atom. The predicted molar refractivity (Wildman–Crippen MR) is 161 cm³/mol. The summed E-state index contributed by atoms with van der Waals surface area (Å²) in [6.45, 7) is 7.82. The molecule has 5 N–H and O–H groups in total. The molecular weight excluding hydrogens is 576 g/mol. The summed E-state index contributed by atoms with van der Waals surface area (Å²) >= 11 is 0. The van der Waals surface area contributed by atoms with Gasteiger partial charge in [-0.3, -0.25) is 15.0 Å². The van der Waals surface area contributed by atoms with Gasteiger partial charge in [-0.15, -0.1) is 0 Å². The molecule has 0 aliphatic carbocycles. The zero-order valence-corrected chi connectivity index (χ0v) is 25.4. The minimum absolute atomic E-state index is 0.0123. The van der Waals surface area contributed by atoms with Crippen LogP contribution in [0.5, 0.6) is 5.88 Å². The van der Waals surface area contributed by atoms with E-state index in [0.29, 0.717) is 17.5 Å². The van der Waals surface area contributed by atoms with Crippen LogP contribution in [-0.4, -0.2) is 61.4 Å². The van der Waals surface area contributed by atoms with Gasteiger partial charge >= 0.3 is 16.1 Å². The van der Waals surface area contributed by atoms with E-state index < -0.39 is 33.6 Å². The molecule has 14 heteroatoms. The van der Waals surface area contributed by atoms with Crippen molar-refractivity contribution in [2.24, 2.45) is 17.6 Å². The zero-order valence-electron chi connectivity index (χ0n) is 24.6. The van der Waals surface area contributed by atoms with Gasteiger partial charge in [0, 0.05) is 34.5 Å². The summed E-state index contributed by atoms with van der Waals surface area (Å²) in [6.07, 6.45) is 0.697. The topological polar surface area (TPSA) is 204 Å². The molecule has 0 saturated carbocycles. The van der Waals surface area contributed by atoms with Crippen molar-refractivity contribution < 1.29 is 31.7 Å². The zero-order chi connectivity index (χ0) is 32.1. The minimum atomic E-state index is -4.26. The number of methoxy groups -OCH3 is 1. The van der Waals surface area contributed by atoms with Crippen molar-refractivity contribution in [3.05, 3.63) is 71.2 Å². The summed E-state index contributed by atoms with van der Waals surface area (Å²) in [7, 11) is -2.90. The fourth-order valence-corrected chi connectivity index (χ4v) is 4.69. The van der Waals surface area contributed by atoms with Crippen LogP contribution in [0.3, 0.4) is 0 Å². The number of amidine groups is 1. The second-order valence-electron chi connectivity index (χ2n) is 10.3. The van der Waals surface area contributed by atoms with Gasteiger partial charge in [0.05, 0.1) is 13.4 Å². The number of carbonyl (C=O) groups excluding carboxylic acids is 3. The summed E-state index contributed by atoms with van der Waals surface area (Å²) in [5.74, 6) is -2.49. The third-order valence-corrected chi connectivity index (χ3v) is 6.77. The lowest BCUT2D eigenvalue weighted by molar-refractivity contribution is 0.0742. The van der Waals surface area contributed by atoms with Gasteiger partial charge in [-0.05, 0) is 54.3 Å². The lowest BCUT2D eigenvalue weighted by Crippen LogP contribution is -2.42. The van der Waals surface area contributed by atoms with E-state index in [-0.39, 0.29) is 52.1 Å². The van der Waals surface area contributed by atoms with Gasteiger partial charge in [0.15, 0.2) is 5.69 Å². The van der Waals surface area contributed by atoms with Crippen LogP contribution in [0.15, 0.2) is 48.5 Å². The van der Waals surface area contributed by atoms with E-state index in [1.807, 2.05) is 27.7 Å². The van der Waals surface area contributed by atoms with Crippen LogP contribution >= 0.6 is 0 Å². The lowest BCUT2D eigenvalue weighted by Gasteiger charge is -2.26. The number of carbonyl (C=O) groups is 3. The van der Waals surface area contributed by atoms with E-state index >= 15 is 0 Å². The first-order valence-electron chi connectivity index (χ1n) is 13.2. The van der Waals surface area contributed by atoms with E-state index in [9.17, 15) is 22.8 Å². The van der Waals surface area contributed by atoms with Gasteiger partial charge in [-0.25, -0.2) is 14.8 Å². The first-order valence-corrected chi connectivity index (χ1v) is 15.0. The number of pyridine rings is 2. The molecule has 0 spiro atoms. The molecule has 13 nitrogen and oxygen atoms in total. The Labute approximate surface area is 249 Å². The molecule has 0 unspecified atom stereocenters. The Morgan fingerprint density at radius 1 is 0.860 bits per heavy atom. The third kappa shape index (κ3) is 8.35. The largest absolute Gasteiger partial charge is 0.481 e. The molecule has 1 aromatic carbocycles. The molecule has 2 amide bonds. The Bertz CT molecular complexity index is 1650. The Hall–Kier alpha value is -4.85. The molecule has 0 aliphatic heterocycles. The highest BCUT2D eigenvalue weighted by Gasteiger charge is 2.28. The SMILES string of the molecule is COc1ccc(-c2ccc(C(=O)NC(C(C)C)C(C)C)nc2C(=O)OS(C)(=O)=O)c(C(=O)Nc2ccc(C(=N)N)cc2)n1. The number of ether oxygens (including phenoxy) is 1. The Kier molecular flexibility index (Phi) is 10.2.